The average Bonchev–Trinajstić information content (AvgIpc) is 4.05. The molecular weight excluding hydrogens is 1030 g/mol. The van der Waals surface area contributed by atoms with E-state index in [4.69, 9.17) is 21.1 Å². The van der Waals surface area contributed by atoms with Crippen molar-refractivity contribution in [1.29, 1.82) is 0 Å². The van der Waals surface area contributed by atoms with E-state index in [9.17, 15) is 19.5 Å². The van der Waals surface area contributed by atoms with Gasteiger partial charge in [-0.1, -0.05) is 89.1 Å². The number of carbonyl (C=O) groups excluding carboxylic acids is 3. The van der Waals surface area contributed by atoms with Crippen molar-refractivity contribution in [3.63, 3.8) is 0 Å². The van der Waals surface area contributed by atoms with Gasteiger partial charge in [0, 0.05) is 74.9 Å². The average molecular weight is 1110 g/mol. The number of terminal acetylenes is 1. The number of piperidine rings is 1. The Hall–Kier alpha value is -6.81. The number of aromatic nitrogens is 4. The third-order valence-electron chi connectivity index (χ3n) is 16.5. The zero-order chi connectivity index (χ0) is 56.1. The second-order valence-electron chi connectivity index (χ2n) is 23.3. The number of halogens is 2. The van der Waals surface area contributed by atoms with E-state index in [-0.39, 0.29) is 63.3 Å². The first-order valence-electron chi connectivity index (χ1n) is 28.7. The van der Waals surface area contributed by atoms with E-state index in [1.165, 1.54) is 24.3 Å². The number of phenolic OH excluding ortho intramolecular Hbond substituents is 1. The van der Waals surface area contributed by atoms with Gasteiger partial charge in [-0.05, 0) is 105 Å². The van der Waals surface area contributed by atoms with E-state index in [1.807, 2.05) is 57.5 Å². The molecule has 0 spiro atoms. The lowest BCUT2D eigenvalue weighted by molar-refractivity contribution is -0.143. The summed E-state index contributed by atoms with van der Waals surface area (Å²) in [6, 6.07) is 13.0. The van der Waals surface area contributed by atoms with Gasteiger partial charge >= 0.3 is 6.01 Å². The van der Waals surface area contributed by atoms with Gasteiger partial charge in [-0.3, -0.25) is 19.4 Å². The molecule has 2 bridgehead atoms. The lowest BCUT2D eigenvalue weighted by atomic mass is 9.85. The highest BCUT2D eigenvalue weighted by Gasteiger charge is 2.42. The second-order valence-corrected chi connectivity index (χ2v) is 24.2. The molecule has 4 N–H and O–H groups in total. The van der Waals surface area contributed by atoms with E-state index in [0.29, 0.717) is 67.7 Å². The zero-order valence-electron chi connectivity index (χ0n) is 46.5. The van der Waals surface area contributed by atoms with Crippen molar-refractivity contribution in [3.05, 3.63) is 88.7 Å². The molecule has 7 heterocycles. The summed E-state index contributed by atoms with van der Waals surface area (Å²) in [5.41, 5.74) is 4.40. The number of anilines is 1. The van der Waals surface area contributed by atoms with Crippen LogP contribution in [0.5, 0.6) is 11.8 Å². The summed E-state index contributed by atoms with van der Waals surface area (Å²) in [4.78, 5) is 66.8. The Morgan fingerprint density at radius 1 is 0.912 bits per heavy atom. The number of fused-ring (bicyclic) bond motifs is 4. The van der Waals surface area contributed by atoms with Crippen LogP contribution in [-0.2, 0) is 20.9 Å². The SMILES string of the molecule is C#Cc1c(F)ccc2cc(O)cc(-c3ncc4c(N5CC6CCC(C5)N6)nc(OC5CCN(CCCCCCCCCC(=O)NC(C(=O)N6CCC[C@@H]6C(=O)NCc6ccc(-c7scnc7C)cc6)C(C)(C)C)CC5)nc4c3F)c12. The predicted octanol–water partition coefficient (Wildman–Crippen LogP) is 9.98. The number of carbonyl (C=O) groups is 3. The lowest BCUT2D eigenvalue weighted by Gasteiger charge is -2.35. The largest absolute Gasteiger partial charge is 0.508 e. The molecule has 0 radical (unpaired) electrons. The molecule has 4 saturated heterocycles. The number of unbranched alkanes of at least 4 members (excludes halogenated alkanes) is 6. The van der Waals surface area contributed by atoms with Crippen molar-refractivity contribution in [1.82, 2.24) is 45.7 Å². The van der Waals surface area contributed by atoms with Crippen molar-refractivity contribution in [2.45, 2.75) is 154 Å². The molecule has 422 valence electrons. The third-order valence-corrected chi connectivity index (χ3v) is 17.5. The molecular formula is C62H74F2N10O5S. The molecule has 4 aliphatic heterocycles. The van der Waals surface area contributed by atoms with E-state index in [2.05, 4.69) is 41.6 Å². The zero-order valence-corrected chi connectivity index (χ0v) is 47.3. The summed E-state index contributed by atoms with van der Waals surface area (Å²) < 4.78 is 38.6. The number of rotatable bonds is 20. The van der Waals surface area contributed by atoms with Gasteiger partial charge in [-0.25, -0.2) is 13.8 Å². The molecule has 80 heavy (non-hydrogen) atoms. The Morgan fingerprint density at radius 3 is 2.34 bits per heavy atom. The van der Waals surface area contributed by atoms with Crippen molar-refractivity contribution in [2.75, 3.05) is 44.2 Å². The van der Waals surface area contributed by atoms with Crippen LogP contribution in [0, 0.1) is 36.3 Å². The number of nitrogens with zero attached hydrogens (tertiary/aromatic N) is 7. The molecule has 6 aromatic rings. The van der Waals surface area contributed by atoms with Crippen molar-refractivity contribution >= 4 is 56.6 Å². The standard InChI is InChI=1S/C62H74F2N10O5S/c1-6-46-49(63)24-21-41-31-44(75)32-47(52(41)46)54-53(64)55-48(34-65-54)58(73-35-42-22-23-43(36-73)68-42)71-61(70-55)79-45-25-29-72(30-26-45)27-13-11-9-7-8-10-12-16-51(76)69-57(62(3,4)5)60(78)74-28-14-15-50(74)59(77)66-33-39-17-19-40(20-18-39)56-38(2)67-37-80-56/h1,17-21,24,31-32,34,37,42-43,45,50,57,68,75H,7-16,22-23,25-30,33,35-36H2,2-5H3,(H,66,77)(H,69,76)/t42?,43?,50-,57?/m1/s1. The molecule has 0 aliphatic carbocycles. The number of aryl methyl sites for hydroxylation is 1. The van der Waals surface area contributed by atoms with Crippen LogP contribution < -0.4 is 25.6 Å². The highest BCUT2D eigenvalue weighted by atomic mass is 32.1. The highest BCUT2D eigenvalue weighted by Crippen LogP contribution is 2.40. The fourth-order valence-corrected chi connectivity index (χ4v) is 13.0. The highest BCUT2D eigenvalue weighted by molar-refractivity contribution is 7.13. The molecule has 0 saturated carbocycles. The summed E-state index contributed by atoms with van der Waals surface area (Å²) in [7, 11) is 0. The van der Waals surface area contributed by atoms with E-state index < -0.39 is 29.1 Å². The lowest BCUT2D eigenvalue weighted by Crippen LogP contribution is -2.57. The number of piperazine rings is 1. The molecule has 3 aromatic heterocycles. The minimum atomic E-state index is -0.743. The Balaban J connectivity index is 0.657. The molecule has 10 rings (SSSR count). The predicted molar refractivity (Wildman–Crippen MR) is 309 cm³/mol. The Kier molecular flexibility index (Phi) is 17.6. The summed E-state index contributed by atoms with van der Waals surface area (Å²) in [6.07, 6.45) is 19.6. The van der Waals surface area contributed by atoms with E-state index in [1.54, 1.807) is 22.4 Å². The van der Waals surface area contributed by atoms with Crippen LogP contribution in [-0.4, -0.2) is 122 Å². The fourth-order valence-electron chi connectivity index (χ4n) is 12.1. The van der Waals surface area contributed by atoms with Gasteiger partial charge in [0.15, 0.2) is 5.82 Å². The first kappa shape index (κ1) is 56.5. The van der Waals surface area contributed by atoms with Crippen LogP contribution >= 0.6 is 11.3 Å². The molecule has 3 aromatic carbocycles. The van der Waals surface area contributed by atoms with Gasteiger partial charge in [-0.15, -0.1) is 17.8 Å². The summed E-state index contributed by atoms with van der Waals surface area (Å²) >= 11 is 1.60. The summed E-state index contributed by atoms with van der Waals surface area (Å²) in [5.74, 6) is 0.944. The van der Waals surface area contributed by atoms with Gasteiger partial charge in [0.05, 0.1) is 27.0 Å². The van der Waals surface area contributed by atoms with Crippen LogP contribution in [0.15, 0.2) is 60.2 Å². The van der Waals surface area contributed by atoms with Crippen LogP contribution in [0.25, 0.3) is 43.4 Å². The van der Waals surface area contributed by atoms with Gasteiger partial charge in [0.25, 0.3) is 0 Å². The Bertz CT molecular complexity index is 3250. The number of benzene rings is 3. The number of hydrogen-bond donors (Lipinski definition) is 4. The topological polar surface area (TPSA) is 178 Å². The van der Waals surface area contributed by atoms with Gasteiger partial charge in [0.2, 0.25) is 17.7 Å². The first-order valence-corrected chi connectivity index (χ1v) is 29.5. The maximum atomic E-state index is 17.1. The van der Waals surface area contributed by atoms with Crippen molar-refractivity contribution < 1.29 is 33.0 Å². The summed E-state index contributed by atoms with van der Waals surface area (Å²) in [6.45, 7) is 12.8. The molecule has 3 amide bonds. The van der Waals surface area contributed by atoms with Gasteiger partial charge in [-0.2, -0.15) is 9.97 Å². The number of hydrogen-bond acceptors (Lipinski definition) is 13. The number of amides is 3. The molecule has 3 unspecified atom stereocenters. The number of nitrogens with one attached hydrogen (secondary N) is 3. The molecule has 4 fully saturated rings. The number of aromatic hydroxyl groups is 1. The maximum Gasteiger partial charge on any atom is 0.319 e. The van der Waals surface area contributed by atoms with Crippen LogP contribution in [0.3, 0.4) is 0 Å². The van der Waals surface area contributed by atoms with Crippen LogP contribution in [0.2, 0.25) is 0 Å². The fraction of sp³-hybridized carbons (Fsp3) is 0.500. The number of pyridine rings is 1. The Morgan fingerprint density at radius 2 is 1.64 bits per heavy atom. The molecule has 18 heteroatoms. The Labute approximate surface area is 471 Å². The minimum Gasteiger partial charge on any atom is -0.508 e. The van der Waals surface area contributed by atoms with E-state index in [0.717, 1.165) is 118 Å². The van der Waals surface area contributed by atoms with Gasteiger partial charge < -0.3 is 40.5 Å². The van der Waals surface area contributed by atoms with Crippen molar-refractivity contribution in [3.8, 4) is 45.8 Å². The van der Waals surface area contributed by atoms with Gasteiger partial charge in [0.1, 0.15) is 46.8 Å². The monoisotopic (exact) mass is 1110 g/mol. The normalized spacial score (nSPS) is 19.1. The minimum absolute atomic E-state index is 0.0326. The van der Waals surface area contributed by atoms with Crippen LogP contribution in [0.4, 0.5) is 14.6 Å². The molecule has 4 aliphatic rings. The third kappa shape index (κ3) is 12.9. The second kappa shape index (κ2) is 24.9. The summed E-state index contributed by atoms with van der Waals surface area (Å²) in [5, 5.41) is 21.6. The smallest absolute Gasteiger partial charge is 0.319 e. The quantitative estimate of drug-likeness (QED) is 0.0421. The first-order chi connectivity index (χ1) is 38.6. The molecule has 15 nitrogen and oxygen atoms in total. The number of thiazole rings is 1. The number of phenols is 1. The number of ether oxygens (including phenoxy) is 1. The van der Waals surface area contributed by atoms with Crippen molar-refractivity contribution in [2.24, 2.45) is 5.41 Å². The molecule has 4 atom stereocenters. The maximum absolute atomic E-state index is 17.1. The van der Waals surface area contributed by atoms with Crippen LogP contribution in [0.1, 0.15) is 127 Å². The van der Waals surface area contributed by atoms with E-state index >= 15 is 8.78 Å². The number of likely N-dealkylation sites (tertiary alicyclic amines) is 2.